The SMILES string of the molecule is CC#CCC(NCC)c1ccc(F)c2ccccc12. The van der Waals surface area contributed by atoms with Crippen molar-refractivity contribution in [2.24, 2.45) is 0 Å². The van der Waals surface area contributed by atoms with E-state index < -0.39 is 0 Å². The van der Waals surface area contributed by atoms with Crippen LogP contribution in [0.25, 0.3) is 10.8 Å². The lowest BCUT2D eigenvalue weighted by Crippen LogP contribution is -2.20. The highest BCUT2D eigenvalue weighted by atomic mass is 19.1. The monoisotopic (exact) mass is 255 g/mol. The van der Waals surface area contributed by atoms with Crippen molar-refractivity contribution >= 4 is 10.8 Å². The number of hydrogen-bond donors (Lipinski definition) is 1. The molecule has 1 nitrogen and oxygen atoms in total. The largest absolute Gasteiger partial charge is 0.309 e. The fraction of sp³-hybridized carbons (Fsp3) is 0.294. The van der Waals surface area contributed by atoms with Gasteiger partial charge in [-0.15, -0.1) is 11.8 Å². The van der Waals surface area contributed by atoms with Gasteiger partial charge in [-0.3, -0.25) is 0 Å². The maximum absolute atomic E-state index is 13.8. The second-order valence-corrected chi connectivity index (χ2v) is 4.42. The summed E-state index contributed by atoms with van der Waals surface area (Å²) in [7, 11) is 0. The van der Waals surface area contributed by atoms with E-state index in [9.17, 15) is 4.39 Å². The fourth-order valence-electron chi connectivity index (χ4n) is 2.33. The maximum Gasteiger partial charge on any atom is 0.131 e. The molecular weight excluding hydrogens is 237 g/mol. The molecule has 0 amide bonds. The summed E-state index contributed by atoms with van der Waals surface area (Å²) in [6, 6.07) is 11.1. The van der Waals surface area contributed by atoms with E-state index in [2.05, 4.69) is 24.1 Å². The van der Waals surface area contributed by atoms with Crippen molar-refractivity contribution in [1.29, 1.82) is 0 Å². The summed E-state index contributed by atoms with van der Waals surface area (Å²) in [5, 5.41) is 5.06. The van der Waals surface area contributed by atoms with Crippen LogP contribution in [-0.2, 0) is 0 Å². The van der Waals surface area contributed by atoms with Crippen LogP contribution >= 0.6 is 0 Å². The molecule has 0 spiro atoms. The standard InChI is InChI=1S/C17H18FN/c1-3-5-10-17(19-4-2)15-11-12-16(18)14-9-7-6-8-13(14)15/h6-9,11-12,17,19H,4,10H2,1-2H3. The highest BCUT2D eigenvalue weighted by molar-refractivity contribution is 5.86. The molecule has 1 N–H and O–H groups in total. The van der Waals surface area contributed by atoms with E-state index in [0.29, 0.717) is 5.39 Å². The molecule has 0 fully saturated rings. The Hall–Kier alpha value is -1.85. The van der Waals surface area contributed by atoms with Gasteiger partial charge in [0.25, 0.3) is 0 Å². The van der Waals surface area contributed by atoms with Crippen LogP contribution in [-0.4, -0.2) is 6.54 Å². The molecule has 0 aliphatic heterocycles. The second kappa shape index (κ2) is 6.36. The molecule has 2 rings (SSSR count). The zero-order valence-electron chi connectivity index (χ0n) is 11.3. The smallest absolute Gasteiger partial charge is 0.131 e. The van der Waals surface area contributed by atoms with Gasteiger partial charge < -0.3 is 5.32 Å². The molecular formula is C17H18FN. The molecule has 0 saturated carbocycles. The molecule has 0 bridgehead atoms. The van der Waals surface area contributed by atoms with Gasteiger partial charge in [0.15, 0.2) is 0 Å². The van der Waals surface area contributed by atoms with Gasteiger partial charge in [-0.1, -0.05) is 37.3 Å². The lowest BCUT2D eigenvalue weighted by atomic mass is 9.96. The molecule has 1 unspecified atom stereocenters. The maximum atomic E-state index is 13.8. The summed E-state index contributed by atoms with van der Waals surface area (Å²) in [6.07, 6.45) is 0.736. The van der Waals surface area contributed by atoms with Crippen molar-refractivity contribution in [1.82, 2.24) is 5.32 Å². The molecule has 2 aromatic carbocycles. The van der Waals surface area contributed by atoms with E-state index in [1.54, 1.807) is 6.07 Å². The van der Waals surface area contributed by atoms with E-state index in [-0.39, 0.29) is 11.9 Å². The molecule has 0 radical (unpaired) electrons. The quantitative estimate of drug-likeness (QED) is 0.813. The zero-order valence-corrected chi connectivity index (χ0v) is 11.3. The molecule has 0 saturated heterocycles. The first kappa shape index (κ1) is 13.6. The first-order valence-corrected chi connectivity index (χ1v) is 6.58. The van der Waals surface area contributed by atoms with E-state index >= 15 is 0 Å². The van der Waals surface area contributed by atoms with Crippen LogP contribution in [0.4, 0.5) is 4.39 Å². The highest BCUT2D eigenvalue weighted by Gasteiger charge is 2.13. The van der Waals surface area contributed by atoms with Crippen LogP contribution in [0.1, 0.15) is 31.9 Å². The van der Waals surface area contributed by atoms with Gasteiger partial charge in [-0.05, 0) is 30.5 Å². The Kier molecular flexibility index (Phi) is 4.54. The third-order valence-corrected chi connectivity index (χ3v) is 3.21. The first-order chi connectivity index (χ1) is 9.27. The van der Waals surface area contributed by atoms with Crippen molar-refractivity contribution in [2.75, 3.05) is 6.54 Å². The lowest BCUT2D eigenvalue weighted by Gasteiger charge is -2.18. The van der Waals surface area contributed by atoms with Gasteiger partial charge >= 0.3 is 0 Å². The predicted octanol–water partition coefficient (Wildman–Crippen LogP) is 4.04. The third kappa shape index (κ3) is 2.94. The summed E-state index contributed by atoms with van der Waals surface area (Å²) in [5.74, 6) is 5.86. The predicted molar refractivity (Wildman–Crippen MR) is 78.4 cm³/mol. The van der Waals surface area contributed by atoms with Crippen molar-refractivity contribution in [3.63, 3.8) is 0 Å². The van der Waals surface area contributed by atoms with E-state index in [1.807, 2.05) is 37.3 Å². The molecule has 1 atom stereocenters. The molecule has 0 heterocycles. The molecule has 19 heavy (non-hydrogen) atoms. The molecule has 2 aromatic rings. The van der Waals surface area contributed by atoms with Crippen molar-refractivity contribution in [3.8, 4) is 11.8 Å². The second-order valence-electron chi connectivity index (χ2n) is 4.42. The Labute approximate surface area is 113 Å². The Morgan fingerprint density at radius 3 is 2.58 bits per heavy atom. The summed E-state index contributed by atoms with van der Waals surface area (Å²) < 4.78 is 13.8. The van der Waals surface area contributed by atoms with Crippen LogP contribution in [0, 0.1) is 17.7 Å². The average Bonchev–Trinajstić information content (AvgIpc) is 2.45. The minimum absolute atomic E-state index is 0.142. The summed E-state index contributed by atoms with van der Waals surface area (Å²) in [4.78, 5) is 0. The van der Waals surface area contributed by atoms with E-state index in [0.717, 1.165) is 23.9 Å². The van der Waals surface area contributed by atoms with E-state index in [1.165, 1.54) is 0 Å². The highest BCUT2D eigenvalue weighted by Crippen LogP contribution is 2.28. The van der Waals surface area contributed by atoms with Crippen LogP contribution in [0.15, 0.2) is 36.4 Å². The van der Waals surface area contributed by atoms with Crippen molar-refractivity contribution in [3.05, 3.63) is 47.8 Å². The van der Waals surface area contributed by atoms with Crippen LogP contribution in [0.2, 0.25) is 0 Å². The molecule has 0 aliphatic rings. The van der Waals surface area contributed by atoms with Gasteiger partial charge in [0.1, 0.15) is 5.82 Å². The lowest BCUT2D eigenvalue weighted by molar-refractivity contribution is 0.567. The summed E-state index contributed by atoms with van der Waals surface area (Å²) in [5.41, 5.74) is 1.11. The number of halogens is 1. The molecule has 98 valence electrons. The number of hydrogen-bond acceptors (Lipinski definition) is 1. The van der Waals surface area contributed by atoms with Gasteiger partial charge in [0, 0.05) is 17.8 Å². The Morgan fingerprint density at radius 1 is 1.16 bits per heavy atom. The van der Waals surface area contributed by atoms with Gasteiger partial charge in [0.05, 0.1) is 0 Å². The van der Waals surface area contributed by atoms with Crippen molar-refractivity contribution in [2.45, 2.75) is 26.3 Å². The molecule has 0 aliphatic carbocycles. The Balaban J connectivity index is 2.52. The summed E-state index contributed by atoms with van der Waals surface area (Å²) >= 11 is 0. The number of nitrogens with one attached hydrogen (secondary N) is 1. The fourth-order valence-corrected chi connectivity index (χ4v) is 2.33. The van der Waals surface area contributed by atoms with Crippen LogP contribution in [0.3, 0.4) is 0 Å². The minimum atomic E-state index is -0.170. The molecule has 2 heteroatoms. The first-order valence-electron chi connectivity index (χ1n) is 6.58. The van der Waals surface area contributed by atoms with Gasteiger partial charge in [0.2, 0.25) is 0 Å². The van der Waals surface area contributed by atoms with Gasteiger partial charge in [-0.2, -0.15) is 0 Å². The zero-order chi connectivity index (χ0) is 13.7. The minimum Gasteiger partial charge on any atom is -0.309 e. The van der Waals surface area contributed by atoms with E-state index in [4.69, 9.17) is 0 Å². The summed E-state index contributed by atoms with van der Waals surface area (Å²) in [6.45, 7) is 4.77. The van der Waals surface area contributed by atoms with Crippen LogP contribution in [0.5, 0.6) is 0 Å². The Bertz CT molecular complexity index is 622. The number of rotatable bonds is 4. The number of benzene rings is 2. The Morgan fingerprint density at radius 2 is 1.89 bits per heavy atom. The molecule has 0 aromatic heterocycles. The van der Waals surface area contributed by atoms with Crippen LogP contribution < -0.4 is 5.32 Å². The number of fused-ring (bicyclic) bond motifs is 1. The van der Waals surface area contributed by atoms with Gasteiger partial charge in [-0.25, -0.2) is 4.39 Å². The van der Waals surface area contributed by atoms with Crippen molar-refractivity contribution < 1.29 is 4.39 Å². The normalized spacial score (nSPS) is 11.9. The topological polar surface area (TPSA) is 12.0 Å². The third-order valence-electron chi connectivity index (χ3n) is 3.21. The average molecular weight is 255 g/mol.